The molecule has 0 saturated heterocycles. The highest BCUT2D eigenvalue weighted by Gasteiger charge is 2.18. The summed E-state index contributed by atoms with van der Waals surface area (Å²) in [6.45, 7) is -0.128. The molecule has 0 bridgehead atoms. The molecule has 0 spiro atoms. The number of Topliss-reactive ketones (excluding diaryl/α,β-unsaturated/α-hetero) is 1. The van der Waals surface area contributed by atoms with E-state index in [1.165, 1.54) is 14.2 Å². The van der Waals surface area contributed by atoms with E-state index in [2.05, 4.69) is 0 Å². The fraction of sp³-hybridized carbons (Fsp3) is 0.188. The van der Waals surface area contributed by atoms with Crippen LogP contribution in [0, 0.1) is 0 Å². The van der Waals surface area contributed by atoms with Gasteiger partial charge in [0.25, 0.3) is 0 Å². The predicted octanol–water partition coefficient (Wildman–Crippen LogP) is 3.62. The summed E-state index contributed by atoms with van der Waals surface area (Å²) in [6.07, 6.45) is 0. The van der Waals surface area contributed by atoms with E-state index in [4.69, 9.17) is 25.8 Å². The van der Waals surface area contributed by atoms with Gasteiger partial charge in [0, 0.05) is 5.02 Å². The van der Waals surface area contributed by atoms with Crippen LogP contribution in [0.2, 0.25) is 5.02 Å². The molecule has 4 nitrogen and oxygen atoms in total. The van der Waals surface area contributed by atoms with E-state index in [0.29, 0.717) is 27.8 Å². The van der Waals surface area contributed by atoms with E-state index >= 15 is 0 Å². The zero-order valence-corrected chi connectivity index (χ0v) is 12.5. The number of ketones is 1. The van der Waals surface area contributed by atoms with Gasteiger partial charge in [0.2, 0.25) is 5.78 Å². The molecule has 2 aromatic carbocycles. The first-order valence-electron chi connectivity index (χ1n) is 6.28. The van der Waals surface area contributed by atoms with Gasteiger partial charge in [-0.25, -0.2) is 0 Å². The van der Waals surface area contributed by atoms with Crippen molar-refractivity contribution in [1.82, 2.24) is 0 Å². The van der Waals surface area contributed by atoms with Gasteiger partial charge in [-0.1, -0.05) is 23.7 Å². The SMILES string of the molecule is COc1cccc(OC)c1C(=O)COc1cccc(Cl)c1. The average molecular weight is 307 g/mol. The van der Waals surface area contributed by atoms with Gasteiger partial charge in [0.05, 0.1) is 14.2 Å². The normalized spacial score (nSPS) is 10.0. The monoisotopic (exact) mass is 306 g/mol. The first kappa shape index (κ1) is 15.2. The Kier molecular flexibility index (Phi) is 5.06. The van der Waals surface area contributed by atoms with Gasteiger partial charge in [0.1, 0.15) is 22.8 Å². The van der Waals surface area contributed by atoms with E-state index in [1.54, 1.807) is 42.5 Å². The van der Waals surface area contributed by atoms with Crippen molar-refractivity contribution >= 4 is 17.4 Å². The summed E-state index contributed by atoms with van der Waals surface area (Å²) in [6, 6.07) is 12.0. The van der Waals surface area contributed by atoms with Crippen molar-refractivity contribution in [2.24, 2.45) is 0 Å². The van der Waals surface area contributed by atoms with Gasteiger partial charge in [-0.15, -0.1) is 0 Å². The molecule has 0 radical (unpaired) electrons. The number of hydrogen-bond donors (Lipinski definition) is 0. The molecule has 0 saturated carbocycles. The summed E-state index contributed by atoms with van der Waals surface area (Å²) >= 11 is 5.87. The predicted molar refractivity (Wildman–Crippen MR) is 80.8 cm³/mol. The fourth-order valence-corrected chi connectivity index (χ4v) is 2.08. The molecule has 2 aromatic rings. The van der Waals surface area contributed by atoms with Gasteiger partial charge in [-0.3, -0.25) is 4.79 Å². The number of rotatable bonds is 6. The fourth-order valence-electron chi connectivity index (χ4n) is 1.90. The van der Waals surface area contributed by atoms with E-state index < -0.39 is 0 Å². The van der Waals surface area contributed by atoms with Crippen molar-refractivity contribution in [3.63, 3.8) is 0 Å². The van der Waals surface area contributed by atoms with E-state index in [0.717, 1.165) is 0 Å². The third kappa shape index (κ3) is 3.67. The minimum Gasteiger partial charge on any atom is -0.496 e. The Morgan fingerprint density at radius 2 is 1.67 bits per heavy atom. The van der Waals surface area contributed by atoms with Crippen LogP contribution in [0.5, 0.6) is 17.2 Å². The van der Waals surface area contributed by atoms with Gasteiger partial charge in [-0.2, -0.15) is 0 Å². The van der Waals surface area contributed by atoms with Crippen LogP contribution in [0.15, 0.2) is 42.5 Å². The second-order valence-electron chi connectivity index (χ2n) is 4.21. The van der Waals surface area contributed by atoms with Crippen LogP contribution in [-0.2, 0) is 0 Å². The van der Waals surface area contributed by atoms with Gasteiger partial charge < -0.3 is 14.2 Å². The summed E-state index contributed by atoms with van der Waals surface area (Å²) in [5, 5.41) is 0.551. The van der Waals surface area contributed by atoms with Crippen LogP contribution < -0.4 is 14.2 Å². The maximum absolute atomic E-state index is 12.3. The summed E-state index contributed by atoms with van der Waals surface area (Å²) in [7, 11) is 3.01. The Morgan fingerprint density at radius 1 is 1.05 bits per heavy atom. The largest absolute Gasteiger partial charge is 0.496 e. The maximum atomic E-state index is 12.3. The molecule has 110 valence electrons. The topological polar surface area (TPSA) is 44.8 Å². The minimum atomic E-state index is -0.232. The molecule has 5 heteroatoms. The maximum Gasteiger partial charge on any atom is 0.207 e. The molecule has 0 aliphatic carbocycles. The third-order valence-electron chi connectivity index (χ3n) is 2.87. The van der Waals surface area contributed by atoms with Crippen molar-refractivity contribution in [2.45, 2.75) is 0 Å². The van der Waals surface area contributed by atoms with Gasteiger partial charge >= 0.3 is 0 Å². The molecule has 0 aliphatic heterocycles. The van der Waals surface area contributed by atoms with Crippen LogP contribution in [0.4, 0.5) is 0 Å². The minimum absolute atomic E-state index is 0.128. The second kappa shape index (κ2) is 6.99. The van der Waals surface area contributed by atoms with Gasteiger partial charge in [0.15, 0.2) is 6.61 Å². The molecular weight excluding hydrogens is 292 g/mol. The molecule has 0 aromatic heterocycles. The van der Waals surface area contributed by atoms with Crippen molar-refractivity contribution in [2.75, 3.05) is 20.8 Å². The first-order valence-corrected chi connectivity index (χ1v) is 6.66. The van der Waals surface area contributed by atoms with E-state index in [-0.39, 0.29) is 12.4 Å². The molecule has 0 fully saturated rings. The summed E-state index contributed by atoms with van der Waals surface area (Å²) in [4.78, 5) is 12.3. The first-order chi connectivity index (χ1) is 10.2. The Balaban J connectivity index is 2.17. The lowest BCUT2D eigenvalue weighted by atomic mass is 10.1. The Bertz CT molecular complexity index is 618. The quantitative estimate of drug-likeness (QED) is 0.765. The van der Waals surface area contributed by atoms with Crippen LogP contribution >= 0.6 is 11.6 Å². The lowest BCUT2D eigenvalue weighted by Crippen LogP contribution is -2.14. The molecule has 0 unspecified atom stereocenters. The van der Waals surface area contributed by atoms with E-state index in [9.17, 15) is 4.79 Å². The number of carbonyl (C=O) groups is 1. The number of methoxy groups -OCH3 is 2. The molecular formula is C16H15ClO4. The number of benzene rings is 2. The number of halogens is 1. The highest BCUT2D eigenvalue weighted by atomic mass is 35.5. The highest BCUT2D eigenvalue weighted by Crippen LogP contribution is 2.29. The standard InChI is InChI=1S/C16H15ClO4/c1-19-14-7-4-8-15(20-2)16(14)13(18)10-21-12-6-3-5-11(17)9-12/h3-9H,10H2,1-2H3. The summed E-state index contributed by atoms with van der Waals surface area (Å²) < 4.78 is 15.9. The number of carbonyl (C=O) groups excluding carboxylic acids is 1. The molecule has 0 N–H and O–H groups in total. The van der Waals surface area contributed by atoms with Crippen molar-refractivity contribution < 1.29 is 19.0 Å². The Morgan fingerprint density at radius 3 is 2.24 bits per heavy atom. The number of hydrogen-bond acceptors (Lipinski definition) is 4. The van der Waals surface area contributed by atoms with Gasteiger partial charge in [-0.05, 0) is 30.3 Å². The van der Waals surface area contributed by atoms with Crippen LogP contribution in [0.3, 0.4) is 0 Å². The van der Waals surface area contributed by atoms with Crippen molar-refractivity contribution in [1.29, 1.82) is 0 Å². The molecule has 2 rings (SSSR count). The van der Waals surface area contributed by atoms with Crippen molar-refractivity contribution in [3.05, 3.63) is 53.1 Å². The van der Waals surface area contributed by atoms with Crippen molar-refractivity contribution in [3.8, 4) is 17.2 Å². The summed E-state index contributed by atoms with van der Waals surface area (Å²) in [5.41, 5.74) is 0.365. The molecule has 0 amide bonds. The van der Waals surface area contributed by atoms with E-state index in [1.807, 2.05) is 0 Å². The van der Waals surface area contributed by atoms with Crippen LogP contribution in [0.25, 0.3) is 0 Å². The molecule has 21 heavy (non-hydrogen) atoms. The molecule has 0 atom stereocenters. The number of ether oxygens (including phenoxy) is 3. The average Bonchev–Trinajstić information content (AvgIpc) is 2.51. The Labute approximate surface area is 128 Å². The second-order valence-corrected chi connectivity index (χ2v) is 4.64. The zero-order valence-electron chi connectivity index (χ0n) is 11.8. The Hall–Kier alpha value is -2.20. The zero-order chi connectivity index (χ0) is 15.2. The third-order valence-corrected chi connectivity index (χ3v) is 3.11. The van der Waals surface area contributed by atoms with Crippen LogP contribution in [0.1, 0.15) is 10.4 Å². The molecule has 0 aliphatic rings. The lowest BCUT2D eigenvalue weighted by Gasteiger charge is -2.12. The van der Waals surface area contributed by atoms with Crippen LogP contribution in [-0.4, -0.2) is 26.6 Å². The summed E-state index contributed by atoms with van der Waals surface area (Å²) in [5.74, 6) is 1.21. The molecule has 0 heterocycles. The lowest BCUT2D eigenvalue weighted by molar-refractivity contribution is 0.0915. The smallest absolute Gasteiger partial charge is 0.207 e. The highest BCUT2D eigenvalue weighted by molar-refractivity contribution is 6.30.